The highest BCUT2D eigenvalue weighted by atomic mass is 19.4. The number of carbonyl (C=O) groups excluding carboxylic acids is 1. The molecule has 2 N–H and O–H groups in total. The second kappa shape index (κ2) is 10.6. The van der Waals surface area contributed by atoms with Gasteiger partial charge in [-0.25, -0.2) is 9.78 Å². The highest BCUT2D eigenvalue weighted by Gasteiger charge is 2.38. The molecule has 176 valence electrons. The third-order valence-corrected chi connectivity index (χ3v) is 5.68. The minimum atomic E-state index is -5.08. The average Bonchev–Trinajstić information content (AvgIpc) is 3.23. The third kappa shape index (κ3) is 6.38. The maximum Gasteiger partial charge on any atom is 0.490 e. The van der Waals surface area contributed by atoms with Gasteiger partial charge in [0.1, 0.15) is 5.65 Å². The number of ketones is 1. The molecular formula is C23H25F3N4O3. The molecule has 0 spiro atoms. The van der Waals surface area contributed by atoms with Gasteiger partial charge in [0.25, 0.3) is 0 Å². The Morgan fingerprint density at radius 3 is 2.67 bits per heavy atom. The van der Waals surface area contributed by atoms with Gasteiger partial charge in [-0.1, -0.05) is 6.07 Å². The molecule has 2 unspecified atom stereocenters. The zero-order valence-electron chi connectivity index (χ0n) is 18.0. The van der Waals surface area contributed by atoms with Crippen LogP contribution in [0.3, 0.4) is 0 Å². The lowest BCUT2D eigenvalue weighted by Gasteiger charge is -2.36. The van der Waals surface area contributed by atoms with Crippen molar-refractivity contribution in [3.8, 4) is 0 Å². The Kier molecular flexibility index (Phi) is 7.80. The van der Waals surface area contributed by atoms with Crippen LogP contribution in [0.15, 0.2) is 49.1 Å². The molecule has 3 aromatic heterocycles. The molecule has 0 bridgehead atoms. The van der Waals surface area contributed by atoms with E-state index in [1.807, 2.05) is 37.5 Å². The lowest BCUT2D eigenvalue weighted by Crippen LogP contribution is -2.45. The topological polar surface area (TPSA) is 99.2 Å². The first-order valence-corrected chi connectivity index (χ1v) is 10.6. The number of fused-ring (bicyclic) bond motifs is 1. The Morgan fingerprint density at radius 1 is 1.27 bits per heavy atom. The first-order chi connectivity index (χ1) is 15.7. The van der Waals surface area contributed by atoms with E-state index in [0.29, 0.717) is 5.92 Å². The monoisotopic (exact) mass is 462 g/mol. The molecule has 0 aromatic carbocycles. The second-order valence-electron chi connectivity index (χ2n) is 8.01. The smallest absolute Gasteiger partial charge is 0.475 e. The van der Waals surface area contributed by atoms with E-state index in [0.717, 1.165) is 42.5 Å². The molecule has 0 saturated carbocycles. The number of aromatic amines is 1. The van der Waals surface area contributed by atoms with E-state index in [1.165, 1.54) is 12.0 Å². The van der Waals surface area contributed by atoms with E-state index >= 15 is 0 Å². The van der Waals surface area contributed by atoms with Crippen LogP contribution in [0.2, 0.25) is 0 Å². The van der Waals surface area contributed by atoms with Gasteiger partial charge in [0.15, 0.2) is 5.78 Å². The van der Waals surface area contributed by atoms with Gasteiger partial charge in [-0.2, -0.15) is 13.2 Å². The van der Waals surface area contributed by atoms with Gasteiger partial charge in [-0.15, -0.1) is 0 Å². The van der Waals surface area contributed by atoms with E-state index in [1.54, 1.807) is 12.4 Å². The van der Waals surface area contributed by atoms with Crippen LogP contribution in [0.25, 0.3) is 11.0 Å². The predicted octanol–water partition coefficient (Wildman–Crippen LogP) is 4.12. The summed E-state index contributed by atoms with van der Waals surface area (Å²) >= 11 is 0. The number of likely N-dealkylation sites (tertiary alicyclic amines) is 1. The number of nitrogens with one attached hydrogen (secondary N) is 1. The Hall–Kier alpha value is -3.27. The summed E-state index contributed by atoms with van der Waals surface area (Å²) in [5.74, 6) is -2.01. The van der Waals surface area contributed by atoms with E-state index in [9.17, 15) is 18.0 Å². The van der Waals surface area contributed by atoms with Crippen molar-refractivity contribution in [2.75, 3.05) is 13.1 Å². The Bertz CT molecular complexity index is 1090. The number of Topliss-reactive ketones (excluding diaryl/α,β-unsaturated/α-hetero) is 1. The van der Waals surface area contributed by atoms with Crippen molar-refractivity contribution in [1.29, 1.82) is 0 Å². The molecule has 4 heterocycles. The van der Waals surface area contributed by atoms with Gasteiger partial charge in [0.05, 0.1) is 6.04 Å². The number of aromatic nitrogens is 3. The first-order valence-electron chi connectivity index (χ1n) is 10.6. The highest BCUT2D eigenvalue weighted by Crippen LogP contribution is 2.25. The highest BCUT2D eigenvalue weighted by molar-refractivity contribution is 6.09. The Balaban J connectivity index is 0.000000383. The molecule has 4 rings (SSSR count). The molecule has 33 heavy (non-hydrogen) atoms. The van der Waals surface area contributed by atoms with E-state index in [2.05, 4.69) is 25.9 Å². The van der Waals surface area contributed by atoms with E-state index < -0.39 is 12.1 Å². The SMILES string of the molecule is CC(C(=O)c1c[nH]c2ncccc12)N1CCCC(Cc2cccnc2)C1.O=C(O)C(F)(F)F. The summed E-state index contributed by atoms with van der Waals surface area (Å²) in [5.41, 5.74) is 2.80. The van der Waals surface area contributed by atoms with Crippen LogP contribution in [0.1, 0.15) is 35.7 Å². The summed E-state index contributed by atoms with van der Waals surface area (Å²) in [6, 6.07) is 7.85. The number of carbonyl (C=O) groups is 2. The average molecular weight is 462 g/mol. The normalized spacial score (nSPS) is 17.8. The van der Waals surface area contributed by atoms with Crippen LogP contribution in [0.5, 0.6) is 0 Å². The number of hydrogen-bond donors (Lipinski definition) is 2. The summed E-state index contributed by atoms with van der Waals surface area (Å²) in [7, 11) is 0. The van der Waals surface area contributed by atoms with Crippen molar-refractivity contribution in [3.63, 3.8) is 0 Å². The van der Waals surface area contributed by atoms with Gasteiger partial charge >= 0.3 is 12.1 Å². The Labute approximate surface area is 188 Å². The lowest BCUT2D eigenvalue weighted by atomic mass is 9.90. The van der Waals surface area contributed by atoms with Gasteiger partial charge < -0.3 is 10.1 Å². The van der Waals surface area contributed by atoms with Crippen LogP contribution in [0.4, 0.5) is 13.2 Å². The van der Waals surface area contributed by atoms with Gasteiger partial charge in [-0.05, 0) is 62.4 Å². The largest absolute Gasteiger partial charge is 0.490 e. The molecule has 1 fully saturated rings. The molecule has 2 atom stereocenters. The fourth-order valence-electron chi connectivity index (χ4n) is 4.02. The quantitative estimate of drug-likeness (QED) is 0.554. The van der Waals surface area contributed by atoms with E-state index in [4.69, 9.17) is 9.90 Å². The minimum absolute atomic E-state index is 0.120. The van der Waals surface area contributed by atoms with Gasteiger partial charge in [0, 0.05) is 42.3 Å². The lowest BCUT2D eigenvalue weighted by molar-refractivity contribution is -0.192. The maximum absolute atomic E-state index is 13.1. The number of rotatable bonds is 5. The summed E-state index contributed by atoms with van der Waals surface area (Å²) < 4.78 is 31.7. The number of nitrogens with zero attached hydrogens (tertiary/aromatic N) is 3. The fourth-order valence-corrected chi connectivity index (χ4v) is 4.02. The number of aliphatic carboxylic acids is 1. The molecule has 7 nitrogen and oxygen atoms in total. The maximum atomic E-state index is 13.1. The molecule has 1 saturated heterocycles. The predicted molar refractivity (Wildman–Crippen MR) is 116 cm³/mol. The minimum Gasteiger partial charge on any atom is -0.475 e. The summed E-state index contributed by atoms with van der Waals surface area (Å²) in [6.07, 6.45) is 5.60. The van der Waals surface area contributed by atoms with Crippen molar-refractivity contribution in [3.05, 3.63) is 60.2 Å². The van der Waals surface area contributed by atoms with Crippen LogP contribution in [-0.4, -0.2) is 62.0 Å². The van der Waals surface area contributed by atoms with Crippen molar-refractivity contribution < 1.29 is 27.9 Å². The second-order valence-corrected chi connectivity index (χ2v) is 8.01. The molecule has 1 aliphatic heterocycles. The molecular weight excluding hydrogens is 437 g/mol. The van der Waals surface area contributed by atoms with Crippen molar-refractivity contribution in [2.24, 2.45) is 5.92 Å². The zero-order chi connectivity index (χ0) is 24.0. The van der Waals surface area contributed by atoms with Crippen molar-refractivity contribution >= 4 is 22.8 Å². The molecule has 3 aromatic rings. The van der Waals surface area contributed by atoms with Crippen LogP contribution in [0, 0.1) is 5.92 Å². The first kappa shape index (κ1) is 24.4. The number of H-pyrrole nitrogens is 1. The molecule has 0 aliphatic carbocycles. The van der Waals surface area contributed by atoms with Crippen LogP contribution < -0.4 is 0 Å². The Morgan fingerprint density at radius 2 is 2.00 bits per heavy atom. The zero-order valence-corrected chi connectivity index (χ0v) is 18.0. The van der Waals surface area contributed by atoms with Gasteiger partial charge in [0.2, 0.25) is 0 Å². The number of piperidine rings is 1. The number of carboxylic acids is 1. The number of alkyl halides is 3. The van der Waals surface area contributed by atoms with Gasteiger partial charge in [-0.3, -0.25) is 14.7 Å². The number of hydrogen-bond acceptors (Lipinski definition) is 5. The van der Waals surface area contributed by atoms with E-state index in [-0.39, 0.29) is 11.8 Å². The molecule has 0 amide bonds. The number of pyridine rings is 2. The summed E-state index contributed by atoms with van der Waals surface area (Å²) in [5, 5.41) is 8.04. The van der Waals surface area contributed by atoms with Crippen molar-refractivity contribution in [2.45, 2.75) is 38.4 Å². The van der Waals surface area contributed by atoms with Crippen LogP contribution >= 0.6 is 0 Å². The number of halogens is 3. The molecule has 1 aliphatic rings. The number of carboxylic acid groups (broad SMARTS) is 1. The standard InChI is InChI=1S/C21H24N4O.C2HF3O2/c1-15(20(26)19-13-24-21-18(19)7-3-9-23-21)25-10-4-6-17(14-25)11-16-5-2-8-22-12-16;3-2(4,5)1(6)7/h2-3,5,7-9,12-13,15,17H,4,6,10-11,14H2,1H3,(H,23,24);(H,6,7). The fraction of sp³-hybridized carbons (Fsp3) is 0.391. The van der Waals surface area contributed by atoms with Crippen molar-refractivity contribution in [1.82, 2.24) is 19.9 Å². The van der Waals surface area contributed by atoms with Crippen LogP contribution in [-0.2, 0) is 11.2 Å². The molecule has 10 heteroatoms. The molecule has 0 radical (unpaired) electrons. The third-order valence-electron chi connectivity index (χ3n) is 5.68. The summed E-state index contributed by atoms with van der Waals surface area (Å²) in [6.45, 7) is 3.98. The summed E-state index contributed by atoms with van der Waals surface area (Å²) in [4.78, 5) is 35.9.